The molecule has 5 heteroatoms. The third kappa shape index (κ3) is 2.07. The van der Waals surface area contributed by atoms with Crippen LogP contribution in [0.2, 0.25) is 0 Å². The summed E-state index contributed by atoms with van der Waals surface area (Å²) in [5.74, 6) is 0. The number of hydrogen-bond acceptors (Lipinski definition) is 4. The largest absolute Gasteiger partial charge is 0.378 e. The lowest BCUT2D eigenvalue weighted by atomic mass is 10.2. The molecular formula is C10H11N2O3. The molecule has 0 N–H and O–H groups in total. The van der Waals surface area contributed by atoms with Gasteiger partial charge in [-0.05, 0) is 12.1 Å². The van der Waals surface area contributed by atoms with E-state index in [-0.39, 0.29) is 5.69 Å². The first kappa shape index (κ1) is 9.92. The summed E-state index contributed by atoms with van der Waals surface area (Å²) in [5, 5.41) is 10.8. The summed E-state index contributed by atoms with van der Waals surface area (Å²) in [5.41, 5.74) is 0.671. The molecule has 0 spiro atoms. The Morgan fingerprint density at radius 2 is 2.20 bits per heavy atom. The van der Waals surface area contributed by atoms with Gasteiger partial charge in [0.2, 0.25) is 0 Å². The van der Waals surface area contributed by atoms with Crippen molar-refractivity contribution in [2.24, 2.45) is 0 Å². The Morgan fingerprint density at radius 1 is 1.47 bits per heavy atom. The molecular weight excluding hydrogens is 196 g/mol. The number of ether oxygens (including phenoxy) is 1. The number of nitrogens with zero attached hydrogens (tertiary/aromatic N) is 2. The van der Waals surface area contributed by atoms with Crippen LogP contribution in [0.4, 0.5) is 11.4 Å². The van der Waals surface area contributed by atoms with Gasteiger partial charge in [-0.2, -0.15) is 0 Å². The van der Waals surface area contributed by atoms with Crippen LogP contribution in [0.3, 0.4) is 0 Å². The molecule has 0 bridgehead atoms. The van der Waals surface area contributed by atoms with Crippen molar-refractivity contribution in [2.45, 2.75) is 0 Å². The third-order valence-corrected chi connectivity index (χ3v) is 2.35. The van der Waals surface area contributed by atoms with Gasteiger partial charge in [-0.15, -0.1) is 0 Å². The van der Waals surface area contributed by atoms with E-state index in [0.717, 1.165) is 0 Å². The van der Waals surface area contributed by atoms with Crippen LogP contribution in [-0.4, -0.2) is 31.2 Å². The van der Waals surface area contributed by atoms with Gasteiger partial charge in [0.1, 0.15) is 5.69 Å². The first-order chi connectivity index (χ1) is 7.29. The van der Waals surface area contributed by atoms with Crippen molar-refractivity contribution in [3.05, 3.63) is 34.4 Å². The summed E-state index contributed by atoms with van der Waals surface area (Å²) in [6, 6.07) is 7.72. The zero-order valence-electron chi connectivity index (χ0n) is 8.18. The van der Waals surface area contributed by atoms with Crippen LogP contribution in [0.5, 0.6) is 0 Å². The minimum atomic E-state index is -0.398. The average Bonchev–Trinajstić information content (AvgIpc) is 2.30. The van der Waals surface area contributed by atoms with Crippen molar-refractivity contribution in [1.29, 1.82) is 0 Å². The first-order valence-electron chi connectivity index (χ1n) is 4.77. The Morgan fingerprint density at radius 3 is 2.87 bits per heavy atom. The van der Waals surface area contributed by atoms with Crippen LogP contribution >= 0.6 is 0 Å². The molecule has 79 valence electrons. The molecule has 1 fully saturated rings. The molecule has 1 saturated heterocycles. The van der Waals surface area contributed by atoms with Gasteiger partial charge in [0.25, 0.3) is 0 Å². The Kier molecular flexibility index (Phi) is 2.82. The summed E-state index contributed by atoms with van der Waals surface area (Å²) in [7, 11) is 0. The zero-order chi connectivity index (χ0) is 10.7. The summed E-state index contributed by atoms with van der Waals surface area (Å²) in [6.07, 6.45) is 0. The van der Waals surface area contributed by atoms with Crippen LogP contribution in [-0.2, 0) is 4.74 Å². The highest BCUT2D eigenvalue weighted by Gasteiger charge is 2.20. The van der Waals surface area contributed by atoms with Crippen molar-refractivity contribution in [1.82, 2.24) is 0 Å². The van der Waals surface area contributed by atoms with E-state index in [1.54, 1.807) is 18.2 Å². The molecule has 0 atom stereocenters. The predicted octanol–water partition coefficient (Wildman–Crippen LogP) is 1.23. The molecule has 1 aromatic rings. The van der Waals surface area contributed by atoms with E-state index < -0.39 is 4.92 Å². The standard InChI is InChI=1S/C10H11N2O3/c13-12(14)10-4-2-1-3-9(10)11-5-7-15-8-6-11/h1-3H,5-8H2. The maximum Gasteiger partial charge on any atom is 0.300 e. The summed E-state index contributed by atoms with van der Waals surface area (Å²) >= 11 is 0. The average molecular weight is 207 g/mol. The van der Waals surface area contributed by atoms with E-state index in [0.29, 0.717) is 32.0 Å². The van der Waals surface area contributed by atoms with E-state index in [9.17, 15) is 10.1 Å². The normalized spacial score (nSPS) is 16.4. The topological polar surface area (TPSA) is 55.6 Å². The molecule has 0 aliphatic carbocycles. The van der Waals surface area contributed by atoms with Gasteiger partial charge < -0.3 is 9.64 Å². The Bertz CT molecular complexity index is 361. The number of benzene rings is 1. The lowest BCUT2D eigenvalue weighted by Gasteiger charge is -2.28. The highest BCUT2D eigenvalue weighted by atomic mass is 16.6. The Balaban J connectivity index is 2.29. The summed E-state index contributed by atoms with van der Waals surface area (Å²) < 4.78 is 5.20. The first-order valence-corrected chi connectivity index (χ1v) is 4.77. The molecule has 0 aromatic heterocycles. The van der Waals surface area contributed by atoms with E-state index in [1.807, 2.05) is 4.90 Å². The van der Waals surface area contributed by atoms with Gasteiger partial charge >= 0.3 is 5.69 Å². The van der Waals surface area contributed by atoms with Gasteiger partial charge in [-0.1, -0.05) is 6.07 Å². The van der Waals surface area contributed by atoms with Crippen LogP contribution in [0.15, 0.2) is 18.2 Å². The second-order valence-corrected chi connectivity index (χ2v) is 3.26. The lowest BCUT2D eigenvalue weighted by Crippen LogP contribution is -2.36. The maximum absolute atomic E-state index is 10.8. The quantitative estimate of drug-likeness (QED) is 0.540. The van der Waals surface area contributed by atoms with E-state index >= 15 is 0 Å². The summed E-state index contributed by atoms with van der Waals surface area (Å²) in [6.45, 7) is 2.62. The maximum atomic E-state index is 10.8. The molecule has 1 aromatic carbocycles. The number of anilines is 1. The molecule has 2 rings (SSSR count). The van der Waals surface area contributed by atoms with Crippen molar-refractivity contribution in [3.8, 4) is 0 Å². The minimum Gasteiger partial charge on any atom is -0.378 e. The number of nitro groups is 1. The highest BCUT2D eigenvalue weighted by molar-refractivity contribution is 5.62. The molecule has 15 heavy (non-hydrogen) atoms. The fourth-order valence-corrected chi connectivity index (χ4v) is 1.62. The molecule has 1 radical (unpaired) electrons. The third-order valence-electron chi connectivity index (χ3n) is 2.35. The summed E-state index contributed by atoms with van der Waals surface area (Å²) in [4.78, 5) is 12.3. The second kappa shape index (κ2) is 4.27. The number of nitro benzene ring substituents is 1. The fraction of sp³-hybridized carbons (Fsp3) is 0.400. The Hall–Kier alpha value is -1.62. The molecule has 1 heterocycles. The zero-order valence-corrected chi connectivity index (χ0v) is 8.18. The van der Waals surface area contributed by atoms with Crippen molar-refractivity contribution >= 4 is 11.4 Å². The van der Waals surface area contributed by atoms with E-state index in [1.165, 1.54) is 0 Å². The molecule has 0 amide bonds. The van der Waals surface area contributed by atoms with E-state index in [4.69, 9.17) is 4.74 Å². The minimum absolute atomic E-state index is 0.0411. The van der Waals surface area contributed by atoms with Crippen LogP contribution < -0.4 is 4.90 Å². The highest BCUT2D eigenvalue weighted by Crippen LogP contribution is 2.27. The molecule has 0 unspecified atom stereocenters. The number of morpholine rings is 1. The van der Waals surface area contributed by atoms with Gasteiger partial charge in [0, 0.05) is 13.1 Å². The SMILES string of the molecule is O=[N+]([O-])c1[c]cccc1N1CCOCC1. The fourth-order valence-electron chi connectivity index (χ4n) is 1.62. The van der Waals surface area contributed by atoms with Gasteiger partial charge in [-0.25, -0.2) is 0 Å². The van der Waals surface area contributed by atoms with Crippen LogP contribution in [0, 0.1) is 16.2 Å². The number of para-hydroxylation sites is 1. The molecule has 1 aliphatic rings. The molecule has 5 nitrogen and oxygen atoms in total. The van der Waals surface area contributed by atoms with Gasteiger partial charge in [0.15, 0.2) is 0 Å². The van der Waals surface area contributed by atoms with Gasteiger partial charge in [-0.3, -0.25) is 10.1 Å². The van der Waals surface area contributed by atoms with Crippen molar-refractivity contribution in [3.63, 3.8) is 0 Å². The van der Waals surface area contributed by atoms with Crippen LogP contribution in [0.25, 0.3) is 0 Å². The number of rotatable bonds is 2. The predicted molar refractivity (Wildman–Crippen MR) is 55.0 cm³/mol. The monoisotopic (exact) mass is 207 g/mol. The lowest BCUT2D eigenvalue weighted by molar-refractivity contribution is -0.384. The smallest absolute Gasteiger partial charge is 0.300 e. The van der Waals surface area contributed by atoms with Crippen molar-refractivity contribution < 1.29 is 9.66 Å². The second-order valence-electron chi connectivity index (χ2n) is 3.26. The van der Waals surface area contributed by atoms with Gasteiger partial charge in [0.05, 0.1) is 24.2 Å². The number of hydrogen-bond donors (Lipinski definition) is 0. The van der Waals surface area contributed by atoms with Crippen LogP contribution in [0.1, 0.15) is 0 Å². The van der Waals surface area contributed by atoms with E-state index in [2.05, 4.69) is 6.07 Å². The molecule has 1 aliphatic heterocycles. The Labute approximate surface area is 87.4 Å². The van der Waals surface area contributed by atoms with Crippen molar-refractivity contribution in [2.75, 3.05) is 31.2 Å². The molecule has 0 saturated carbocycles.